The second-order valence-electron chi connectivity index (χ2n) is 4.28. The molecule has 19 heavy (non-hydrogen) atoms. The van der Waals surface area contributed by atoms with Crippen molar-refractivity contribution in [2.75, 3.05) is 6.61 Å². The lowest BCUT2D eigenvalue weighted by atomic mass is 10.0. The van der Waals surface area contributed by atoms with Crippen LogP contribution < -0.4 is 0 Å². The van der Waals surface area contributed by atoms with E-state index >= 15 is 0 Å². The maximum absolute atomic E-state index is 11.8. The Morgan fingerprint density at radius 3 is 2.47 bits per heavy atom. The Morgan fingerprint density at radius 1 is 1.16 bits per heavy atom. The van der Waals surface area contributed by atoms with Crippen molar-refractivity contribution in [2.24, 2.45) is 0 Å². The number of ether oxygens (including phenoxy) is 1. The van der Waals surface area contributed by atoms with E-state index in [9.17, 15) is 4.79 Å². The molecule has 0 fully saturated rings. The van der Waals surface area contributed by atoms with Gasteiger partial charge in [0.05, 0.1) is 12.2 Å². The zero-order valence-electron chi connectivity index (χ0n) is 10.9. The lowest BCUT2D eigenvalue weighted by Crippen LogP contribution is -2.04. The SMILES string of the molecule is CCOC(=O)c1ccc(I)c(-c2ccc(C)cc2)c1. The third kappa shape index (κ3) is 3.35. The van der Waals surface area contributed by atoms with Crippen molar-refractivity contribution in [1.29, 1.82) is 0 Å². The molecule has 0 radical (unpaired) electrons. The molecular formula is C16H15IO2. The molecule has 0 heterocycles. The van der Waals surface area contributed by atoms with Gasteiger partial charge >= 0.3 is 5.97 Å². The first-order valence-corrected chi connectivity index (χ1v) is 7.23. The molecule has 0 bridgehead atoms. The van der Waals surface area contributed by atoms with E-state index < -0.39 is 0 Å². The van der Waals surface area contributed by atoms with Crippen LogP contribution in [0.15, 0.2) is 42.5 Å². The number of rotatable bonds is 3. The third-order valence-corrected chi connectivity index (χ3v) is 3.78. The van der Waals surface area contributed by atoms with Gasteiger partial charge in [-0.2, -0.15) is 0 Å². The van der Waals surface area contributed by atoms with Crippen LogP contribution in [0.3, 0.4) is 0 Å². The first kappa shape index (κ1) is 14.1. The third-order valence-electron chi connectivity index (χ3n) is 2.84. The fourth-order valence-electron chi connectivity index (χ4n) is 1.82. The van der Waals surface area contributed by atoms with Crippen molar-refractivity contribution in [1.82, 2.24) is 0 Å². The molecule has 2 rings (SSSR count). The average molecular weight is 366 g/mol. The maximum Gasteiger partial charge on any atom is 0.338 e. The topological polar surface area (TPSA) is 26.3 Å². The second-order valence-corrected chi connectivity index (χ2v) is 5.44. The van der Waals surface area contributed by atoms with Gasteiger partial charge in [0.25, 0.3) is 0 Å². The Balaban J connectivity index is 2.42. The highest BCUT2D eigenvalue weighted by Crippen LogP contribution is 2.27. The molecule has 0 aromatic heterocycles. The van der Waals surface area contributed by atoms with E-state index in [-0.39, 0.29) is 5.97 Å². The Morgan fingerprint density at radius 2 is 1.84 bits per heavy atom. The summed E-state index contributed by atoms with van der Waals surface area (Å²) in [4.78, 5) is 11.8. The van der Waals surface area contributed by atoms with Crippen molar-refractivity contribution in [3.05, 3.63) is 57.2 Å². The molecule has 2 aromatic rings. The summed E-state index contributed by atoms with van der Waals surface area (Å²) in [6.07, 6.45) is 0. The molecule has 3 heteroatoms. The van der Waals surface area contributed by atoms with Crippen molar-refractivity contribution in [3.63, 3.8) is 0 Å². The van der Waals surface area contributed by atoms with Gasteiger partial charge in [0, 0.05) is 3.57 Å². The molecule has 0 aliphatic heterocycles. The van der Waals surface area contributed by atoms with Gasteiger partial charge < -0.3 is 4.74 Å². The number of hydrogen-bond acceptors (Lipinski definition) is 2. The summed E-state index contributed by atoms with van der Waals surface area (Å²) in [6.45, 7) is 4.26. The van der Waals surface area contributed by atoms with Crippen molar-refractivity contribution in [2.45, 2.75) is 13.8 Å². The van der Waals surface area contributed by atoms with Crippen LogP contribution in [0, 0.1) is 10.5 Å². The first-order valence-electron chi connectivity index (χ1n) is 6.15. The Kier molecular flexibility index (Phi) is 4.58. The van der Waals surface area contributed by atoms with E-state index in [2.05, 4.69) is 53.8 Å². The highest BCUT2D eigenvalue weighted by Gasteiger charge is 2.10. The van der Waals surface area contributed by atoms with Gasteiger partial charge in [0.2, 0.25) is 0 Å². The van der Waals surface area contributed by atoms with Gasteiger partial charge in [-0.1, -0.05) is 29.8 Å². The summed E-state index contributed by atoms with van der Waals surface area (Å²) < 4.78 is 6.16. The summed E-state index contributed by atoms with van der Waals surface area (Å²) in [5.41, 5.74) is 3.99. The highest BCUT2D eigenvalue weighted by atomic mass is 127. The predicted molar refractivity (Wildman–Crippen MR) is 85.3 cm³/mol. The molecule has 2 aromatic carbocycles. The van der Waals surface area contributed by atoms with Gasteiger partial charge in [-0.05, 0) is 65.8 Å². The molecule has 0 spiro atoms. The Hall–Kier alpha value is -1.36. The lowest BCUT2D eigenvalue weighted by Gasteiger charge is -2.08. The minimum absolute atomic E-state index is 0.271. The highest BCUT2D eigenvalue weighted by molar-refractivity contribution is 14.1. The normalized spacial score (nSPS) is 10.3. The lowest BCUT2D eigenvalue weighted by molar-refractivity contribution is 0.0526. The van der Waals surface area contributed by atoms with Crippen LogP contribution >= 0.6 is 22.6 Å². The van der Waals surface area contributed by atoms with Crippen LogP contribution in [0.2, 0.25) is 0 Å². The minimum atomic E-state index is -0.271. The number of hydrogen-bond donors (Lipinski definition) is 0. The van der Waals surface area contributed by atoms with Gasteiger partial charge in [-0.3, -0.25) is 0 Å². The second kappa shape index (κ2) is 6.19. The Labute approximate surface area is 126 Å². The number of aryl methyl sites for hydroxylation is 1. The van der Waals surface area contributed by atoms with Crippen molar-refractivity contribution >= 4 is 28.6 Å². The number of benzene rings is 2. The van der Waals surface area contributed by atoms with E-state index in [1.165, 1.54) is 5.56 Å². The van der Waals surface area contributed by atoms with Crippen LogP contribution in [0.25, 0.3) is 11.1 Å². The van der Waals surface area contributed by atoms with Gasteiger partial charge in [0.15, 0.2) is 0 Å². The van der Waals surface area contributed by atoms with Crippen LogP contribution in [0.4, 0.5) is 0 Å². The first-order chi connectivity index (χ1) is 9.11. The van der Waals surface area contributed by atoms with E-state index in [0.29, 0.717) is 12.2 Å². The maximum atomic E-state index is 11.8. The van der Waals surface area contributed by atoms with E-state index in [0.717, 1.165) is 14.7 Å². The molecule has 2 nitrogen and oxygen atoms in total. The molecule has 0 saturated carbocycles. The van der Waals surface area contributed by atoms with Gasteiger partial charge in [0.1, 0.15) is 0 Å². The van der Waals surface area contributed by atoms with Crippen LogP contribution in [-0.4, -0.2) is 12.6 Å². The zero-order valence-corrected chi connectivity index (χ0v) is 13.1. The summed E-state index contributed by atoms with van der Waals surface area (Å²) >= 11 is 2.28. The number of esters is 1. The van der Waals surface area contributed by atoms with Gasteiger partial charge in [-0.15, -0.1) is 0 Å². The van der Waals surface area contributed by atoms with E-state index in [1.807, 2.05) is 19.1 Å². The molecular weight excluding hydrogens is 351 g/mol. The standard InChI is InChI=1S/C16H15IO2/c1-3-19-16(18)13-8-9-15(17)14(10-13)12-6-4-11(2)5-7-12/h4-10H,3H2,1-2H3. The largest absolute Gasteiger partial charge is 0.462 e. The van der Waals surface area contributed by atoms with E-state index in [4.69, 9.17) is 4.74 Å². The monoisotopic (exact) mass is 366 g/mol. The van der Waals surface area contributed by atoms with Crippen LogP contribution in [-0.2, 0) is 4.74 Å². The Bertz CT molecular complexity index is 588. The molecule has 0 aliphatic rings. The predicted octanol–water partition coefficient (Wildman–Crippen LogP) is 4.44. The fraction of sp³-hybridized carbons (Fsp3) is 0.188. The molecule has 98 valence electrons. The summed E-state index contributed by atoms with van der Waals surface area (Å²) in [7, 11) is 0. The smallest absolute Gasteiger partial charge is 0.338 e. The summed E-state index contributed by atoms with van der Waals surface area (Å²) in [6, 6.07) is 13.9. The van der Waals surface area contributed by atoms with E-state index in [1.54, 1.807) is 6.07 Å². The molecule has 0 aliphatic carbocycles. The van der Waals surface area contributed by atoms with Crippen molar-refractivity contribution in [3.8, 4) is 11.1 Å². The number of halogens is 1. The molecule has 0 atom stereocenters. The average Bonchev–Trinajstić information content (AvgIpc) is 2.41. The molecule has 0 amide bonds. The summed E-state index contributed by atoms with van der Waals surface area (Å²) in [5.74, 6) is -0.271. The van der Waals surface area contributed by atoms with Crippen LogP contribution in [0.5, 0.6) is 0 Å². The number of carbonyl (C=O) groups excluding carboxylic acids is 1. The molecule has 0 unspecified atom stereocenters. The number of carbonyl (C=O) groups is 1. The summed E-state index contributed by atoms with van der Waals surface area (Å²) in [5, 5.41) is 0. The zero-order chi connectivity index (χ0) is 13.8. The molecule has 0 N–H and O–H groups in total. The van der Waals surface area contributed by atoms with Gasteiger partial charge in [-0.25, -0.2) is 4.79 Å². The molecule has 0 saturated heterocycles. The van der Waals surface area contributed by atoms with Crippen molar-refractivity contribution < 1.29 is 9.53 Å². The van der Waals surface area contributed by atoms with Crippen LogP contribution in [0.1, 0.15) is 22.8 Å². The fourth-order valence-corrected chi connectivity index (χ4v) is 2.47. The minimum Gasteiger partial charge on any atom is -0.462 e. The quantitative estimate of drug-likeness (QED) is 0.593.